The van der Waals surface area contributed by atoms with Crippen molar-refractivity contribution in [3.05, 3.63) is 56.1 Å². The first-order valence-electron chi connectivity index (χ1n) is 7.10. The Hall–Kier alpha value is -1.39. The average Bonchev–Trinajstić information content (AvgIpc) is 3.01. The molecule has 3 rings (SSSR count). The van der Waals surface area contributed by atoms with Crippen molar-refractivity contribution in [2.75, 3.05) is 13.6 Å². The Kier molecular flexibility index (Phi) is 3.76. The SMILES string of the molecule is Cc1csc(=O)n1CCN(C)C1CCc2ccccc21. The fraction of sp³-hybridized carbons (Fsp3) is 0.438. The second kappa shape index (κ2) is 5.54. The number of benzene rings is 1. The van der Waals surface area contributed by atoms with E-state index in [1.54, 1.807) is 0 Å². The first-order valence-corrected chi connectivity index (χ1v) is 7.98. The molecular weight excluding hydrogens is 268 g/mol. The highest BCUT2D eigenvalue weighted by Crippen LogP contribution is 2.34. The van der Waals surface area contributed by atoms with Gasteiger partial charge >= 0.3 is 4.87 Å². The number of hydrogen-bond donors (Lipinski definition) is 0. The molecule has 106 valence electrons. The summed E-state index contributed by atoms with van der Waals surface area (Å²) in [6.45, 7) is 3.70. The van der Waals surface area contributed by atoms with E-state index >= 15 is 0 Å². The molecule has 0 bridgehead atoms. The van der Waals surface area contributed by atoms with Gasteiger partial charge in [-0.05, 0) is 37.9 Å². The number of rotatable bonds is 4. The van der Waals surface area contributed by atoms with Gasteiger partial charge in [0, 0.05) is 30.2 Å². The van der Waals surface area contributed by atoms with Gasteiger partial charge in [0.1, 0.15) is 0 Å². The van der Waals surface area contributed by atoms with Gasteiger partial charge in [0.2, 0.25) is 0 Å². The third-order valence-electron chi connectivity index (χ3n) is 4.29. The molecule has 4 heteroatoms. The van der Waals surface area contributed by atoms with E-state index in [1.165, 1.54) is 35.3 Å². The van der Waals surface area contributed by atoms with Gasteiger partial charge in [0.15, 0.2) is 0 Å². The first kappa shape index (κ1) is 13.6. The molecule has 0 saturated carbocycles. The molecule has 1 aliphatic rings. The maximum atomic E-state index is 11.7. The lowest BCUT2D eigenvalue weighted by atomic mass is 10.1. The molecular formula is C16H20N2OS. The highest BCUT2D eigenvalue weighted by molar-refractivity contribution is 7.07. The van der Waals surface area contributed by atoms with E-state index in [1.807, 2.05) is 16.9 Å². The molecule has 0 radical (unpaired) electrons. The molecule has 1 aromatic heterocycles. The molecule has 1 aliphatic carbocycles. The largest absolute Gasteiger partial charge is 0.307 e. The molecule has 0 saturated heterocycles. The van der Waals surface area contributed by atoms with Crippen LogP contribution < -0.4 is 4.87 Å². The van der Waals surface area contributed by atoms with E-state index in [9.17, 15) is 4.79 Å². The Bertz CT molecular complexity index is 658. The third kappa shape index (κ3) is 2.45. The maximum Gasteiger partial charge on any atom is 0.307 e. The molecule has 1 heterocycles. The Morgan fingerprint density at radius 2 is 2.20 bits per heavy atom. The van der Waals surface area contributed by atoms with Crippen LogP contribution in [0.5, 0.6) is 0 Å². The van der Waals surface area contributed by atoms with Crippen molar-refractivity contribution in [1.29, 1.82) is 0 Å². The summed E-state index contributed by atoms with van der Waals surface area (Å²) in [7, 11) is 2.17. The zero-order chi connectivity index (χ0) is 14.1. The predicted molar refractivity (Wildman–Crippen MR) is 83.5 cm³/mol. The Balaban J connectivity index is 1.69. The Morgan fingerprint density at radius 3 is 2.95 bits per heavy atom. The monoisotopic (exact) mass is 288 g/mol. The number of fused-ring (bicyclic) bond motifs is 1. The Morgan fingerprint density at radius 1 is 1.40 bits per heavy atom. The molecule has 1 atom stereocenters. The minimum Gasteiger partial charge on any atom is -0.302 e. The first-order chi connectivity index (χ1) is 9.66. The average molecular weight is 288 g/mol. The van der Waals surface area contributed by atoms with E-state index < -0.39 is 0 Å². The topological polar surface area (TPSA) is 25.2 Å². The molecule has 1 aromatic carbocycles. The standard InChI is InChI=1S/C16H20N2OS/c1-12-11-20-16(19)18(12)10-9-17(2)15-8-7-13-5-3-4-6-14(13)15/h3-6,11,15H,7-10H2,1-2H3. The zero-order valence-corrected chi connectivity index (χ0v) is 12.8. The number of hydrogen-bond acceptors (Lipinski definition) is 3. The van der Waals surface area contributed by atoms with Crippen LogP contribution in [0.4, 0.5) is 0 Å². The van der Waals surface area contributed by atoms with Gasteiger partial charge in [-0.15, -0.1) is 0 Å². The van der Waals surface area contributed by atoms with Crippen molar-refractivity contribution in [3.8, 4) is 0 Å². The number of thiazole rings is 1. The van der Waals surface area contributed by atoms with Gasteiger partial charge < -0.3 is 4.57 Å². The number of aromatic nitrogens is 1. The second-order valence-electron chi connectivity index (χ2n) is 5.53. The minimum atomic E-state index is 0.155. The van der Waals surface area contributed by atoms with Crippen LogP contribution >= 0.6 is 11.3 Å². The summed E-state index contributed by atoms with van der Waals surface area (Å²) in [5.41, 5.74) is 4.01. The minimum absolute atomic E-state index is 0.155. The quantitative estimate of drug-likeness (QED) is 0.864. The number of aryl methyl sites for hydroxylation is 2. The summed E-state index contributed by atoms with van der Waals surface area (Å²) in [4.78, 5) is 14.3. The lowest BCUT2D eigenvalue weighted by Crippen LogP contribution is -2.29. The molecule has 0 spiro atoms. The van der Waals surface area contributed by atoms with Crippen molar-refractivity contribution >= 4 is 11.3 Å². The van der Waals surface area contributed by atoms with E-state index in [-0.39, 0.29) is 4.87 Å². The summed E-state index contributed by atoms with van der Waals surface area (Å²) in [6.07, 6.45) is 2.36. The fourth-order valence-electron chi connectivity index (χ4n) is 3.08. The molecule has 1 unspecified atom stereocenters. The van der Waals surface area contributed by atoms with Gasteiger partial charge in [0.05, 0.1) is 0 Å². The van der Waals surface area contributed by atoms with Crippen LogP contribution in [-0.4, -0.2) is 23.1 Å². The van der Waals surface area contributed by atoms with Crippen LogP contribution in [0, 0.1) is 6.92 Å². The van der Waals surface area contributed by atoms with Gasteiger partial charge in [-0.1, -0.05) is 35.6 Å². The fourth-order valence-corrected chi connectivity index (χ4v) is 3.84. The highest BCUT2D eigenvalue weighted by Gasteiger charge is 2.25. The molecule has 3 nitrogen and oxygen atoms in total. The summed E-state index contributed by atoms with van der Waals surface area (Å²) in [5, 5.41) is 1.94. The van der Waals surface area contributed by atoms with Crippen LogP contribution in [0.15, 0.2) is 34.4 Å². The number of nitrogens with zero attached hydrogens (tertiary/aromatic N) is 2. The highest BCUT2D eigenvalue weighted by atomic mass is 32.1. The third-order valence-corrected chi connectivity index (χ3v) is 5.17. The summed E-state index contributed by atoms with van der Waals surface area (Å²) in [6, 6.07) is 9.22. The summed E-state index contributed by atoms with van der Waals surface area (Å²) >= 11 is 1.29. The van der Waals surface area contributed by atoms with Gasteiger partial charge in [-0.25, -0.2) is 0 Å². The molecule has 0 aliphatic heterocycles. The summed E-state index contributed by atoms with van der Waals surface area (Å²) < 4.78 is 1.88. The van der Waals surface area contributed by atoms with E-state index in [0.29, 0.717) is 6.04 Å². The van der Waals surface area contributed by atoms with Crippen molar-refractivity contribution in [3.63, 3.8) is 0 Å². The van der Waals surface area contributed by atoms with E-state index in [0.717, 1.165) is 18.8 Å². The van der Waals surface area contributed by atoms with Gasteiger partial charge in [-0.3, -0.25) is 9.69 Å². The molecule has 0 amide bonds. The number of likely N-dealkylation sites (N-methyl/N-ethyl adjacent to an activating group) is 1. The van der Waals surface area contributed by atoms with Crippen LogP contribution in [0.3, 0.4) is 0 Å². The van der Waals surface area contributed by atoms with Crippen LogP contribution in [0.2, 0.25) is 0 Å². The van der Waals surface area contributed by atoms with Crippen LogP contribution in [-0.2, 0) is 13.0 Å². The second-order valence-corrected chi connectivity index (χ2v) is 6.35. The van der Waals surface area contributed by atoms with Crippen molar-refractivity contribution in [2.24, 2.45) is 0 Å². The van der Waals surface area contributed by atoms with Crippen molar-refractivity contribution in [1.82, 2.24) is 9.47 Å². The normalized spacial score (nSPS) is 17.6. The molecule has 0 N–H and O–H groups in total. The molecule has 20 heavy (non-hydrogen) atoms. The van der Waals surface area contributed by atoms with E-state index in [4.69, 9.17) is 0 Å². The predicted octanol–water partition coefficient (Wildman–Crippen LogP) is 2.84. The van der Waals surface area contributed by atoms with Crippen LogP contribution in [0.25, 0.3) is 0 Å². The molecule has 0 fully saturated rings. The van der Waals surface area contributed by atoms with Gasteiger partial charge in [-0.2, -0.15) is 0 Å². The van der Waals surface area contributed by atoms with Crippen molar-refractivity contribution < 1.29 is 0 Å². The lowest BCUT2D eigenvalue weighted by molar-refractivity contribution is 0.234. The van der Waals surface area contributed by atoms with Crippen LogP contribution in [0.1, 0.15) is 29.3 Å². The Labute approximate surface area is 123 Å². The van der Waals surface area contributed by atoms with Gasteiger partial charge in [0.25, 0.3) is 0 Å². The zero-order valence-electron chi connectivity index (χ0n) is 12.0. The summed E-state index contributed by atoms with van der Waals surface area (Å²) in [5.74, 6) is 0. The molecule has 2 aromatic rings. The lowest BCUT2D eigenvalue weighted by Gasteiger charge is -2.25. The van der Waals surface area contributed by atoms with E-state index in [2.05, 4.69) is 36.2 Å². The van der Waals surface area contributed by atoms with Crippen molar-refractivity contribution in [2.45, 2.75) is 32.4 Å². The smallest absolute Gasteiger partial charge is 0.302 e. The maximum absolute atomic E-state index is 11.7.